The second kappa shape index (κ2) is 12.0. The molecule has 11 heteroatoms. The predicted molar refractivity (Wildman–Crippen MR) is 140 cm³/mol. The molecule has 10 nitrogen and oxygen atoms in total. The van der Waals surface area contributed by atoms with Gasteiger partial charge in [-0.3, -0.25) is 14.4 Å². The molecule has 0 spiro atoms. The molecule has 1 aliphatic heterocycles. The molecule has 1 saturated carbocycles. The number of aromatic hydroxyl groups is 1. The Morgan fingerprint density at radius 1 is 1.19 bits per heavy atom. The van der Waals surface area contributed by atoms with Crippen LogP contribution in [0.4, 0.5) is 0 Å². The first-order valence-electron chi connectivity index (χ1n) is 12.3. The van der Waals surface area contributed by atoms with Gasteiger partial charge in [-0.15, -0.1) is 0 Å². The maximum absolute atomic E-state index is 13.4. The van der Waals surface area contributed by atoms with E-state index in [1.165, 1.54) is 0 Å². The van der Waals surface area contributed by atoms with Gasteiger partial charge in [0.15, 0.2) is 5.69 Å². The van der Waals surface area contributed by atoms with Gasteiger partial charge in [0.25, 0.3) is 5.91 Å². The molecule has 3 amide bonds. The lowest BCUT2D eigenvalue weighted by atomic mass is 9.95. The quantitative estimate of drug-likeness (QED) is 0.301. The number of amides is 3. The highest BCUT2D eigenvalue weighted by molar-refractivity contribution is 14.1. The second-order valence-corrected chi connectivity index (χ2v) is 10.7. The molecule has 1 aromatic heterocycles. The maximum atomic E-state index is 13.4. The van der Waals surface area contributed by atoms with Gasteiger partial charge in [0.2, 0.25) is 11.8 Å². The Labute approximate surface area is 223 Å². The number of piperidine rings is 1. The highest BCUT2D eigenvalue weighted by atomic mass is 127. The van der Waals surface area contributed by atoms with Crippen molar-refractivity contribution in [1.29, 1.82) is 0 Å². The number of rotatable bonds is 10. The van der Waals surface area contributed by atoms with Crippen LogP contribution < -0.4 is 16.4 Å². The first-order valence-corrected chi connectivity index (χ1v) is 13.4. The SMILES string of the molecule is NCCC(=O)NC[C@H](Cc1ccc(O)c(I)c1)C(=O)N1CCC(NC(=O)c2cc(C3CC3)on2)CC1. The normalized spacial score (nSPS) is 17.0. The van der Waals surface area contributed by atoms with Gasteiger partial charge in [-0.05, 0) is 72.4 Å². The van der Waals surface area contributed by atoms with Crippen LogP contribution >= 0.6 is 22.6 Å². The van der Waals surface area contributed by atoms with Gasteiger partial charge in [-0.1, -0.05) is 11.2 Å². The third-order valence-electron chi connectivity index (χ3n) is 6.64. The highest BCUT2D eigenvalue weighted by Gasteiger charge is 2.31. The molecule has 2 aliphatic rings. The number of benzene rings is 1. The molecule has 1 saturated heterocycles. The Bertz CT molecular complexity index is 1090. The lowest BCUT2D eigenvalue weighted by molar-refractivity contribution is -0.136. The van der Waals surface area contributed by atoms with E-state index in [1.807, 2.05) is 28.7 Å². The van der Waals surface area contributed by atoms with Crippen LogP contribution in [0, 0.1) is 9.49 Å². The van der Waals surface area contributed by atoms with E-state index in [4.69, 9.17) is 10.3 Å². The van der Waals surface area contributed by atoms with Crippen molar-refractivity contribution < 1.29 is 24.0 Å². The number of nitrogens with one attached hydrogen (secondary N) is 2. The minimum Gasteiger partial charge on any atom is -0.507 e. The monoisotopic (exact) mass is 609 g/mol. The minimum atomic E-state index is -0.450. The summed E-state index contributed by atoms with van der Waals surface area (Å²) in [6.07, 6.45) is 4.06. The van der Waals surface area contributed by atoms with E-state index in [2.05, 4.69) is 15.8 Å². The molecule has 1 aliphatic carbocycles. The van der Waals surface area contributed by atoms with E-state index < -0.39 is 5.92 Å². The Hall–Kier alpha value is -2.67. The standard InChI is InChI=1S/C25H32IN5O5/c26-19-12-15(1-4-21(19)32)11-17(14-28-23(33)5-8-27)25(35)31-9-6-18(7-10-31)29-24(34)20-13-22(36-30-20)16-2-3-16/h1,4,12-13,16-18,32H,2-3,5-11,14,27H2,(H,28,33)(H,29,34)/t17-/m0/s1. The van der Waals surface area contributed by atoms with Gasteiger partial charge in [0.1, 0.15) is 11.5 Å². The number of halogens is 1. The van der Waals surface area contributed by atoms with Crippen LogP contribution in [0.25, 0.3) is 0 Å². The van der Waals surface area contributed by atoms with Crippen molar-refractivity contribution >= 4 is 40.3 Å². The predicted octanol–water partition coefficient (Wildman–Crippen LogP) is 1.91. The van der Waals surface area contributed by atoms with Crippen LogP contribution in [0.5, 0.6) is 5.75 Å². The number of phenols is 1. The summed E-state index contributed by atoms with van der Waals surface area (Å²) in [5.74, 6) is 0.431. The minimum absolute atomic E-state index is 0.0403. The summed E-state index contributed by atoms with van der Waals surface area (Å²) >= 11 is 2.05. The first-order chi connectivity index (χ1) is 17.3. The van der Waals surface area contributed by atoms with Gasteiger partial charge >= 0.3 is 0 Å². The molecule has 5 N–H and O–H groups in total. The number of aromatic nitrogens is 1. The largest absolute Gasteiger partial charge is 0.507 e. The topological polar surface area (TPSA) is 151 Å². The zero-order valence-electron chi connectivity index (χ0n) is 20.0. The Morgan fingerprint density at radius 2 is 1.94 bits per heavy atom. The number of nitrogens with two attached hydrogens (primary N) is 1. The zero-order valence-corrected chi connectivity index (χ0v) is 22.2. The molecule has 2 fully saturated rings. The lowest BCUT2D eigenvalue weighted by Crippen LogP contribution is -2.49. The van der Waals surface area contributed by atoms with E-state index in [-0.39, 0.29) is 49.0 Å². The van der Waals surface area contributed by atoms with Gasteiger partial charge in [-0.2, -0.15) is 0 Å². The summed E-state index contributed by atoms with van der Waals surface area (Å²) in [7, 11) is 0. The van der Waals surface area contributed by atoms with E-state index in [9.17, 15) is 19.5 Å². The smallest absolute Gasteiger partial charge is 0.273 e. The summed E-state index contributed by atoms with van der Waals surface area (Å²) < 4.78 is 5.98. The van der Waals surface area contributed by atoms with Crippen LogP contribution in [-0.2, 0) is 16.0 Å². The molecule has 0 unspecified atom stereocenters. The van der Waals surface area contributed by atoms with Crippen molar-refractivity contribution in [1.82, 2.24) is 20.7 Å². The molecule has 4 rings (SSSR count). The maximum Gasteiger partial charge on any atom is 0.273 e. The Balaban J connectivity index is 1.33. The van der Waals surface area contributed by atoms with Crippen LogP contribution in [0.1, 0.15) is 59.8 Å². The molecule has 2 heterocycles. The molecule has 2 aromatic rings. The molecular weight excluding hydrogens is 577 g/mol. The molecule has 0 radical (unpaired) electrons. The number of carbonyl (C=O) groups excluding carboxylic acids is 3. The number of likely N-dealkylation sites (tertiary alicyclic amines) is 1. The zero-order chi connectivity index (χ0) is 25.7. The van der Waals surface area contributed by atoms with E-state index >= 15 is 0 Å². The second-order valence-electron chi connectivity index (χ2n) is 9.49. The van der Waals surface area contributed by atoms with E-state index in [1.54, 1.807) is 23.1 Å². The first kappa shape index (κ1) is 26.4. The third kappa shape index (κ3) is 6.96. The Kier molecular flexibility index (Phi) is 8.83. The molecule has 0 bridgehead atoms. The summed E-state index contributed by atoms with van der Waals surface area (Å²) in [6.45, 7) is 1.48. The van der Waals surface area contributed by atoms with E-state index in [0.717, 1.165) is 24.2 Å². The van der Waals surface area contributed by atoms with Crippen molar-refractivity contribution in [3.63, 3.8) is 0 Å². The van der Waals surface area contributed by atoms with Crippen LogP contribution in [0.3, 0.4) is 0 Å². The summed E-state index contributed by atoms with van der Waals surface area (Å²) in [4.78, 5) is 39.8. The van der Waals surface area contributed by atoms with Gasteiger partial charge in [0.05, 0.1) is 9.49 Å². The van der Waals surface area contributed by atoms with Crippen molar-refractivity contribution in [2.24, 2.45) is 11.7 Å². The number of nitrogens with zero attached hydrogens (tertiary/aromatic N) is 2. The van der Waals surface area contributed by atoms with Crippen LogP contribution in [0.15, 0.2) is 28.8 Å². The van der Waals surface area contributed by atoms with Crippen molar-refractivity contribution in [2.75, 3.05) is 26.2 Å². The number of hydrogen-bond donors (Lipinski definition) is 4. The number of hydrogen-bond acceptors (Lipinski definition) is 7. The third-order valence-corrected chi connectivity index (χ3v) is 7.51. The van der Waals surface area contributed by atoms with E-state index in [0.29, 0.717) is 47.5 Å². The number of phenolic OH excluding ortho intramolecular Hbond substituents is 1. The van der Waals surface area contributed by atoms with Crippen LogP contribution in [0.2, 0.25) is 0 Å². The highest BCUT2D eigenvalue weighted by Crippen LogP contribution is 2.40. The average molecular weight is 609 g/mol. The lowest BCUT2D eigenvalue weighted by Gasteiger charge is -2.34. The fourth-order valence-corrected chi connectivity index (χ4v) is 4.96. The summed E-state index contributed by atoms with van der Waals surface area (Å²) in [5.41, 5.74) is 6.67. The molecule has 1 atom stereocenters. The molecule has 36 heavy (non-hydrogen) atoms. The summed E-state index contributed by atoms with van der Waals surface area (Å²) in [6, 6.07) is 6.92. The van der Waals surface area contributed by atoms with Crippen LogP contribution in [-0.4, -0.2) is 65.1 Å². The molecule has 194 valence electrons. The van der Waals surface area contributed by atoms with Crippen molar-refractivity contribution in [3.8, 4) is 5.75 Å². The fraction of sp³-hybridized carbons (Fsp3) is 0.520. The number of carbonyl (C=O) groups is 3. The van der Waals surface area contributed by atoms with Gasteiger partial charge in [0, 0.05) is 50.6 Å². The van der Waals surface area contributed by atoms with Gasteiger partial charge < -0.3 is 30.9 Å². The molecule has 1 aromatic carbocycles. The Morgan fingerprint density at radius 3 is 2.61 bits per heavy atom. The van der Waals surface area contributed by atoms with Gasteiger partial charge in [-0.25, -0.2) is 0 Å². The summed E-state index contributed by atoms with van der Waals surface area (Å²) in [5, 5.41) is 19.6. The molecular formula is C25H32IN5O5. The van der Waals surface area contributed by atoms with Crippen molar-refractivity contribution in [2.45, 2.75) is 50.5 Å². The van der Waals surface area contributed by atoms with Crippen molar-refractivity contribution in [3.05, 3.63) is 44.9 Å². The average Bonchev–Trinajstić information content (AvgIpc) is 3.60. The fourth-order valence-electron chi connectivity index (χ4n) is 4.38.